The number of halogens is 1. The Morgan fingerprint density at radius 3 is 3.06 bits per heavy atom. The molecule has 1 aromatic rings. The van der Waals surface area contributed by atoms with Crippen molar-refractivity contribution in [3.05, 3.63) is 29.6 Å². The van der Waals surface area contributed by atoms with Gasteiger partial charge in [-0.05, 0) is 31.5 Å². The topological polar surface area (TPSA) is 48.2 Å². The summed E-state index contributed by atoms with van der Waals surface area (Å²) in [6.07, 6.45) is 1.05. The molecule has 0 fully saturated rings. The molecule has 0 spiro atoms. The molecule has 0 bridgehead atoms. The molecule has 1 unspecified atom stereocenters. The van der Waals surface area contributed by atoms with Crippen LogP contribution in [0.15, 0.2) is 23.2 Å². The van der Waals surface area contributed by atoms with Gasteiger partial charge in [-0.3, -0.25) is 4.99 Å². The Labute approximate surface area is 104 Å². The minimum Gasteiger partial charge on any atom is -0.333 e. The number of nitrogens with one attached hydrogen (secondary N) is 1. The van der Waals surface area contributed by atoms with Gasteiger partial charge in [0.05, 0.1) is 23.4 Å². The Bertz CT molecular complexity index is 493. The van der Waals surface area contributed by atoms with Gasteiger partial charge < -0.3 is 5.32 Å². The molecular formula is C12H12FN3S. The largest absolute Gasteiger partial charge is 0.333 e. The lowest BCUT2D eigenvalue weighted by atomic mass is 10.2. The van der Waals surface area contributed by atoms with Gasteiger partial charge in [0.25, 0.3) is 0 Å². The predicted molar refractivity (Wildman–Crippen MR) is 68.7 cm³/mol. The highest BCUT2D eigenvalue weighted by Gasteiger charge is 2.13. The summed E-state index contributed by atoms with van der Waals surface area (Å²) in [5.74, 6) is 0.566. The maximum Gasteiger partial charge on any atom is 0.161 e. The maximum atomic E-state index is 13.6. The lowest BCUT2D eigenvalue weighted by Gasteiger charge is -2.17. The normalized spacial score (nSPS) is 19.4. The van der Waals surface area contributed by atoms with Crippen molar-refractivity contribution in [3.63, 3.8) is 0 Å². The second kappa shape index (κ2) is 5.19. The fourth-order valence-electron chi connectivity index (χ4n) is 1.50. The van der Waals surface area contributed by atoms with Gasteiger partial charge in [0.15, 0.2) is 5.17 Å². The Morgan fingerprint density at radius 2 is 2.41 bits per heavy atom. The van der Waals surface area contributed by atoms with Crippen molar-refractivity contribution < 1.29 is 4.39 Å². The molecule has 0 saturated carbocycles. The molecule has 0 aliphatic carbocycles. The summed E-state index contributed by atoms with van der Waals surface area (Å²) in [6, 6.07) is 6.55. The maximum absolute atomic E-state index is 13.6. The van der Waals surface area contributed by atoms with E-state index < -0.39 is 5.82 Å². The van der Waals surface area contributed by atoms with Gasteiger partial charge in [0.1, 0.15) is 5.82 Å². The Balaban J connectivity index is 2.16. The molecule has 17 heavy (non-hydrogen) atoms. The van der Waals surface area contributed by atoms with Crippen LogP contribution < -0.4 is 5.32 Å². The zero-order valence-electron chi connectivity index (χ0n) is 9.40. The van der Waals surface area contributed by atoms with Gasteiger partial charge in [0, 0.05) is 5.75 Å². The zero-order valence-corrected chi connectivity index (χ0v) is 10.2. The van der Waals surface area contributed by atoms with E-state index in [-0.39, 0.29) is 6.04 Å². The summed E-state index contributed by atoms with van der Waals surface area (Å²) < 4.78 is 13.6. The smallest absolute Gasteiger partial charge is 0.161 e. The molecule has 1 aliphatic rings. The average Bonchev–Trinajstić information content (AvgIpc) is 2.32. The first-order valence-corrected chi connectivity index (χ1v) is 6.35. The number of rotatable bonds is 1. The quantitative estimate of drug-likeness (QED) is 0.832. The number of nitriles is 1. The number of hydrogen-bond acceptors (Lipinski definition) is 4. The van der Waals surface area contributed by atoms with Gasteiger partial charge in [0.2, 0.25) is 0 Å². The van der Waals surface area contributed by atoms with E-state index in [2.05, 4.69) is 10.3 Å². The zero-order chi connectivity index (χ0) is 12.3. The molecule has 88 valence electrons. The van der Waals surface area contributed by atoms with Crippen LogP contribution >= 0.6 is 11.8 Å². The first kappa shape index (κ1) is 11.9. The monoisotopic (exact) mass is 249 g/mol. The highest BCUT2D eigenvalue weighted by Crippen LogP contribution is 2.21. The molecule has 1 aromatic carbocycles. The van der Waals surface area contributed by atoms with Crippen molar-refractivity contribution in [2.45, 2.75) is 19.4 Å². The van der Waals surface area contributed by atoms with Crippen LogP contribution in [0.2, 0.25) is 0 Å². The van der Waals surface area contributed by atoms with Crippen molar-refractivity contribution in [1.29, 1.82) is 5.26 Å². The van der Waals surface area contributed by atoms with Crippen LogP contribution in [0.5, 0.6) is 0 Å². The lowest BCUT2D eigenvalue weighted by Crippen LogP contribution is -2.18. The van der Waals surface area contributed by atoms with Gasteiger partial charge in [-0.25, -0.2) is 4.39 Å². The predicted octanol–water partition coefficient (Wildman–Crippen LogP) is 2.99. The Morgan fingerprint density at radius 1 is 1.59 bits per heavy atom. The number of benzene rings is 1. The van der Waals surface area contributed by atoms with Crippen LogP contribution in [0.3, 0.4) is 0 Å². The van der Waals surface area contributed by atoms with Crippen LogP contribution in [0, 0.1) is 17.1 Å². The minimum atomic E-state index is -0.425. The van der Waals surface area contributed by atoms with Crippen LogP contribution in [-0.4, -0.2) is 17.0 Å². The molecule has 0 saturated heterocycles. The summed E-state index contributed by atoms with van der Waals surface area (Å²) in [6.45, 7) is 2.04. The van der Waals surface area contributed by atoms with Crippen molar-refractivity contribution in [2.75, 3.05) is 11.1 Å². The molecule has 5 heteroatoms. The minimum absolute atomic E-state index is 0.278. The fraction of sp³-hybridized carbons (Fsp3) is 0.333. The fourth-order valence-corrected chi connectivity index (χ4v) is 2.59. The van der Waals surface area contributed by atoms with Crippen LogP contribution in [-0.2, 0) is 0 Å². The van der Waals surface area contributed by atoms with E-state index in [9.17, 15) is 4.39 Å². The molecule has 1 aliphatic heterocycles. The molecule has 2 rings (SSSR count). The second-order valence-corrected chi connectivity index (χ2v) is 4.94. The van der Waals surface area contributed by atoms with E-state index in [0.29, 0.717) is 11.3 Å². The third-order valence-corrected chi connectivity index (χ3v) is 3.37. The second-order valence-electron chi connectivity index (χ2n) is 3.85. The summed E-state index contributed by atoms with van der Waals surface area (Å²) in [7, 11) is 0. The highest BCUT2D eigenvalue weighted by atomic mass is 32.2. The van der Waals surface area contributed by atoms with E-state index in [0.717, 1.165) is 17.3 Å². The molecular weight excluding hydrogens is 237 g/mol. The summed E-state index contributed by atoms with van der Waals surface area (Å²) in [5, 5.41) is 12.3. The van der Waals surface area contributed by atoms with Gasteiger partial charge in [-0.15, -0.1) is 0 Å². The Kier molecular flexibility index (Phi) is 3.64. The van der Waals surface area contributed by atoms with Crippen molar-refractivity contribution in [3.8, 4) is 6.07 Å². The third-order valence-electron chi connectivity index (χ3n) is 2.45. The highest BCUT2D eigenvalue weighted by molar-refractivity contribution is 8.14. The van der Waals surface area contributed by atoms with E-state index in [1.165, 1.54) is 6.07 Å². The summed E-state index contributed by atoms with van der Waals surface area (Å²) in [5.41, 5.74) is 0.684. The molecule has 1 atom stereocenters. The van der Waals surface area contributed by atoms with Crippen LogP contribution in [0.1, 0.15) is 18.9 Å². The van der Waals surface area contributed by atoms with Crippen LogP contribution in [0.25, 0.3) is 0 Å². The van der Waals surface area contributed by atoms with E-state index >= 15 is 0 Å². The van der Waals surface area contributed by atoms with E-state index in [1.54, 1.807) is 23.9 Å². The van der Waals surface area contributed by atoms with Crippen molar-refractivity contribution >= 4 is 22.6 Å². The van der Waals surface area contributed by atoms with Crippen LogP contribution in [0.4, 0.5) is 10.1 Å². The first-order valence-electron chi connectivity index (χ1n) is 5.36. The molecule has 1 heterocycles. The van der Waals surface area contributed by atoms with Gasteiger partial charge in [-0.1, -0.05) is 11.8 Å². The third kappa shape index (κ3) is 2.98. The molecule has 1 N–H and O–H groups in total. The number of thioether (sulfide) groups is 1. The van der Waals surface area contributed by atoms with E-state index in [4.69, 9.17) is 5.26 Å². The molecule has 3 nitrogen and oxygen atoms in total. The van der Waals surface area contributed by atoms with Gasteiger partial charge >= 0.3 is 0 Å². The number of aliphatic imine (C=N–C) groups is 1. The number of nitrogens with zero attached hydrogens (tertiary/aromatic N) is 2. The number of amidine groups is 1. The van der Waals surface area contributed by atoms with Gasteiger partial charge in [-0.2, -0.15) is 5.26 Å². The summed E-state index contributed by atoms with van der Waals surface area (Å²) in [4.78, 5) is 4.40. The average molecular weight is 249 g/mol. The molecule has 0 radical (unpaired) electrons. The lowest BCUT2D eigenvalue weighted by molar-refractivity contribution is 0.631. The standard InChI is InChI=1S/C12H12FN3S/c1-8-4-5-17-12(15-8)16-11-3-2-9(7-14)6-10(11)13/h2-3,6,8H,4-5H2,1H3,(H,15,16). The number of hydrogen-bond donors (Lipinski definition) is 1. The van der Waals surface area contributed by atoms with Crippen molar-refractivity contribution in [1.82, 2.24) is 0 Å². The first-order chi connectivity index (χ1) is 8.19. The molecule has 0 aromatic heterocycles. The van der Waals surface area contributed by atoms with E-state index in [1.807, 2.05) is 13.0 Å². The van der Waals surface area contributed by atoms with Crippen molar-refractivity contribution in [2.24, 2.45) is 4.99 Å². The summed E-state index contributed by atoms with van der Waals surface area (Å²) >= 11 is 1.59. The number of anilines is 1. The SMILES string of the molecule is CC1CCSC(Nc2ccc(C#N)cc2F)=N1. The molecule has 0 amide bonds. The Hall–Kier alpha value is -1.54.